The number of benzene rings is 1. The van der Waals surface area contributed by atoms with Crippen molar-refractivity contribution in [2.24, 2.45) is 10.9 Å². The Labute approximate surface area is 190 Å². The number of ether oxygens (including phenoxy) is 2. The van der Waals surface area contributed by atoms with E-state index < -0.39 is 0 Å². The molecule has 1 aromatic carbocycles. The van der Waals surface area contributed by atoms with Gasteiger partial charge in [0.15, 0.2) is 17.5 Å². The molecule has 0 radical (unpaired) electrons. The molecule has 29 heavy (non-hydrogen) atoms. The maximum atomic E-state index is 11.6. The number of piperidine rings is 1. The SMILES string of the molecule is CCNC(=NCc1ccc2c(c1)OCCCO2)N1CCC(CC(=O)NC)CC1.I. The van der Waals surface area contributed by atoms with Gasteiger partial charge in [-0.3, -0.25) is 4.79 Å². The predicted octanol–water partition coefficient (Wildman–Crippen LogP) is 2.78. The van der Waals surface area contributed by atoms with Crippen LogP contribution < -0.4 is 20.1 Å². The Balaban J connectivity index is 0.00000300. The lowest BCUT2D eigenvalue weighted by Crippen LogP contribution is -2.46. The molecule has 2 heterocycles. The van der Waals surface area contributed by atoms with Crippen LogP contribution in [0.2, 0.25) is 0 Å². The van der Waals surface area contributed by atoms with E-state index in [0.29, 0.717) is 32.1 Å². The number of hydrogen-bond acceptors (Lipinski definition) is 4. The number of guanidine groups is 1. The van der Waals surface area contributed by atoms with E-state index in [4.69, 9.17) is 14.5 Å². The number of likely N-dealkylation sites (tertiary alicyclic amines) is 1. The first kappa shape index (κ1) is 23.6. The number of fused-ring (bicyclic) bond motifs is 1. The number of amides is 1. The molecule has 1 saturated heterocycles. The summed E-state index contributed by atoms with van der Waals surface area (Å²) < 4.78 is 11.5. The van der Waals surface area contributed by atoms with E-state index in [1.54, 1.807) is 7.05 Å². The fourth-order valence-corrected chi connectivity index (χ4v) is 3.61. The molecular weight excluding hydrogens is 483 g/mol. The summed E-state index contributed by atoms with van der Waals surface area (Å²) in [5.74, 6) is 3.16. The molecule has 1 aromatic rings. The second kappa shape index (κ2) is 12.1. The lowest BCUT2D eigenvalue weighted by Gasteiger charge is -2.34. The smallest absolute Gasteiger partial charge is 0.220 e. The van der Waals surface area contributed by atoms with E-state index in [-0.39, 0.29) is 29.9 Å². The van der Waals surface area contributed by atoms with Crippen LogP contribution in [0.25, 0.3) is 0 Å². The van der Waals surface area contributed by atoms with Gasteiger partial charge in [-0.1, -0.05) is 6.07 Å². The summed E-state index contributed by atoms with van der Waals surface area (Å²) in [5.41, 5.74) is 1.11. The molecule has 1 amide bonds. The Bertz CT molecular complexity index is 691. The Morgan fingerprint density at radius 1 is 1.21 bits per heavy atom. The van der Waals surface area contributed by atoms with Crippen LogP contribution in [0.3, 0.4) is 0 Å². The van der Waals surface area contributed by atoms with Crippen LogP contribution >= 0.6 is 24.0 Å². The van der Waals surface area contributed by atoms with Gasteiger partial charge in [0, 0.05) is 39.5 Å². The van der Waals surface area contributed by atoms with E-state index in [9.17, 15) is 4.79 Å². The largest absolute Gasteiger partial charge is 0.490 e. The molecule has 2 N–H and O–H groups in total. The normalized spacial score (nSPS) is 17.2. The van der Waals surface area contributed by atoms with Crippen LogP contribution in [0.5, 0.6) is 11.5 Å². The molecular formula is C21H33IN4O3. The fraction of sp³-hybridized carbons (Fsp3) is 0.619. The van der Waals surface area contributed by atoms with Gasteiger partial charge in [0.05, 0.1) is 19.8 Å². The Hall–Kier alpha value is -1.71. The first-order valence-corrected chi connectivity index (χ1v) is 10.3. The monoisotopic (exact) mass is 516 g/mol. The minimum atomic E-state index is 0. The van der Waals surface area contributed by atoms with Gasteiger partial charge < -0.3 is 25.0 Å². The zero-order chi connectivity index (χ0) is 19.8. The Morgan fingerprint density at radius 2 is 1.93 bits per heavy atom. The van der Waals surface area contributed by atoms with Gasteiger partial charge in [-0.05, 0) is 43.4 Å². The van der Waals surface area contributed by atoms with E-state index in [1.165, 1.54) is 0 Å². The molecule has 7 nitrogen and oxygen atoms in total. The predicted molar refractivity (Wildman–Crippen MR) is 125 cm³/mol. The van der Waals surface area contributed by atoms with E-state index >= 15 is 0 Å². The number of halogens is 1. The van der Waals surface area contributed by atoms with Crippen molar-refractivity contribution in [3.05, 3.63) is 23.8 Å². The molecule has 1 fully saturated rings. The molecule has 2 aliphatic heterocycles. The van der Waals surface area contributed by atoms with Crippen molar-refractivity contribution < 1.29 is 14.3 Å². The van der Waals surface area contributed by atoms with E-state index in [1.807, 2.05) is 12.1 Å². The fourth-order valence-electron chi connectivity index (χ4n) is 3.61. The van der Waals surface area contributed by atoms with Gasteiger partial charge in [0.1, 0.15) is 0 Å². The van der Waals surface area contributed by atoms with Crippen LogP contribution in [-0.2, 0) is 11.3 Å². The number of aliphatic imine (C=N–C) groups is 1. The van der Waals surface area contributed by atoms with Crippen molar-refractivity contribution in [2.45, 2.75) is 39.2 Å². The molecule has 8 heteroatoms. The number of carbonyl (C=O) groups is 1. The highest BCUT2D eigenvalue weighted by Crippen LogP contribution is 2.30. The third kappa shape index (κ3) is 6.94. The van der Waals surface area contributed by atoms with Crippen molar-refractivity contribution in [3.63, 3.8) is 0 Å². The summed E-state index contributed by atoms with van der Waals surface area (Å²) >= 11 is 0. The molecule has 0 saturated carbocycles. The maximum absolute atomic E-state index is 11.6. The quantitative estimate of drug-likeness (QED) is 0.358. The second-order valence-corrected chi connectivity index (χ2v) is 7.31. The minimum Gasteiger partial charge on any atom is -0.490 e. The minimum absolute atomic E-state index is 0. The van der Waals surface area contributed by atoms with Crippen molar-refractivity contribution in [3.8, 4) is 11.5 Å². The second-order valence-electron chi connectivity index (χ2n) is 7.31. The first-order valence-electron chi connectivity index (χ1n) is 10.3. The van der Waals surface area contributed by atoms with Crippen LogP contribution in [0.4, 0.5) is 0 Å². The summed E-state index contributed by atoms with van der Waals surface area (Å²) in [7, 11) is 1.70. The molecule has 3 rings (SSSR count). The highest BCUT2D eigenvalue weighted by molar-refractivity contribution is 14.0. The van der Waals surface area contributed by atoms with Crippen LogP contribution in [-0.4, -0.2) is 56.7 Å². The molecule has 0 unspecified atom stereocenters. The summed E-state index contributed by atoms with van der Waals surface area (Å²) in [4.78, 5) is 18.7. The number of carbonyl (C=O) groups excluding carboxylic acids is 1. The lowest BCUT2D eigenvalue weighted by atomic mass is 9.93. The maximum Gasteiger partial charge on any atom is 0.220 e. The number of rotatable bonds is 5. The van der Waals surface area contributed by atoms with Crippen molar-refractivity contribution in [2.75, 3.05) is 39.9 Å². The van der Waals surface area contributed by atoms with Crippen molar-refractivity contribution in [1.82, 2.24) is 15.5 Å². The average Bonchev–Trinajstić information content (AvgIpc) is 2.96. The molecule has 0 aliphatic carbocycles. The van der Waals surface area contributed by atoms with Crippen LogP contribution in [0, 0.1) is 5.92 Å². The van der Waals surface area contributed by atoms with Crippen LogP contribution in [0.15, 0.2) is 23.2 Å². The highest BCUT2D eigenvalue weighted by Gasteiger charge is 2.23. The third-order valence-electron chi connectivity index (χ3n) is 5.23. The Kier molecular flexibility index (Phi) is 9.83. The highest BCUT2D eigenvalue weighted by atomic mass is 127. The van der Waals surface area contributed by atoms with Gasteiger partial charge in [0.25, 0.3) is 0 Å². The lowest BCUT2D eigenvalue weighted by molar-refractivity contribution is -0.121. The van der Waals surface area contributed by atoms with Gasteiger partial charge >= 0.3 is 0 Å². The van der Waals surface area contributed by atoms with Gasteiger partial charge in [-0.25, -0.2) is 4.99 Å². The average molecular weight is 516 g/mol. The van der Waals surface area contributed by atoms with Crippen LogP contribution in [0.1, 0.15) is 38.2 Å². The van der Waals surface area contributed by atoms with Gasteiger partial charge in [0.2, 0.25) is 5.91 Å². The summed E-state index contributed by atoms with van der Waals surface area (Å²) in [5, 5.41) is 6.13. The van der Waals surface area contributed by atoms with Crippen molar-refractivity contribution in [1.29, 1.82) is 0 Å². The molecule has 2 aliphatic rings. The molecule has 0 aromatic heterocycles. The summed E-state index contributed by atoms with van der Waals surface area (Å²) in [6.45, 7) is 6.75. The zero-order valence-electron chi connectivity index (χ0n) is 17.4. The van der Waals surface area contributed by atoms with Crippen molar-refractivity contribution >= 4 is 35.8 Å². The summed E-state index contributed by atoms with van der Waals surface area (Å²) in [6, 6.07) is 6.06. The van der Waals surface area contributed by atoms with Gasteiger partial charge in [-0.15, -0.1) is 24.0 Å². The Morgan fingerprint density at radius 3 is 2.62 bits per heavy atom. The number of nitrogens with one attached hydrogen (secondary N) is 2. The summed E-state index contributed by atoms with van der Waals surface area (Å²) in [6.07, 6.45) is 3.56. The number of nitrogens with zero attached hydrogens (tertiary/aromatic N) is 2. The number of hydrogen-bond donors (Lipinski definition) is 2. The van der Waals surface area contributed by atoms with E-state index in [2.05, 4.69) is 28.5 Å². The zero-order valence-corrected chi connectivity index (χ0v) is 19.7. The molecule has 0 bridgehead atoms. The van der Waals surface area contributed by atoms with Gasteiger partial charge in [-0.2, -0.15) is 0 Å². The van der Waals surface area contributed by atoms with E-state index in [0.717, 1.165) is 61.9 Å². The topological polar surface area (TPSA) is 75.2 Å². The molecule has 0 spiro atoms. The molecule has 162 valence electrons. The first-order chi connectivity index (χ1) is 13.7. The third-order valence-corrected chi connectivity index (χ3v) is 5.23. The standard InChI is InChI=1S/C21H32N4O3.HI/c1-3-23-21(25-9-7-16(8-10-25)14-20(26)22-2)24-15-17-5-6-18-19(13-17)28-12-4-11-27-18;/h5-6,13,16H,3-4,7-12,14-15H2,1-2H3,(H,22,26)(H,23,24);1H. The molecule has 0 atom stereocenters.